The molecule has 1 N–H and O–H groups in total. The van der Waals surface area contributed by atoms with E-state index in [1.54, 1.807) is 0 Å². The second kappa shape index (κ2) is 8.62. The fourth-order valence-electron chi connectivity index (χ4n) is 3.71. The van der Waals surface area contributed by atoms with E-state index in [9.17, 15) is 5.11 Å². The highest BCUT2D eigenvalue weighted by molar-refractivity contribution is 6.31. The summed E-state index contributed by atoms with van der Waals surface area (Å²) in [6.07, 6.45) is 21.5. The van der Waals surface area contributed by atoms with E-state index in [1.807, 2.05) is 24.3 Å². The van der Waals surface area contributed by atoms with Crippen LogP contribution in [0.5, 0.6) is 0 Å². The maximum atomic E-state index is 10.3. The van der Waals surface area contributed by atoms with Crippen LogP contribution in [0.3, 0.4) is 0 Å². The van der Waals surface area contributed by atoms with Crippen LogP contribution in [0.1, 0.15) is 51.4 Å². The second-order valence-corrected chi connectivity index (χ2v) is 7.63. The molecule has 0 amide bonds. The van der Waals surface area contributed by atoms with E-state index in [1.165, 1.54) is 44.1 Å². The molecule has 0 aromatic heterocycles. The lowest BCUT2D eigenvalue weighted by Gasteiger charge is -2.36. The summed E-state index contributed by atoms with van der Waals surface area (Å²) < 4.78 is 0. The highest BCUT2D eigenvalue weighted by Crippen LogP contribution is 2.30. The maximum absolute atomic E-state index is 10.3. The molecule has 1 heterocycles. The Balaban J connectivity index is 1.89. The van der Waals surface area contributed by atoms with E-state index in [4.69, 9.17) is 11.6 Å². The molecule has 0 unspecified atom stereocenters. The van der Waals surface area contributed by atoms with Gasteiger partial charge in [0.15, 0.2) is 0 Å². The summed E-state index contributed by atoms with van der Waals surface area (Å²) in [5, 5.41) is 11.0. The van der Waals surface area contributed by atoms with Gasteiger partial charge < -0.3 is 10.0 Å². The van der Waals surface area contributed by atoms with Crippen LogP contribution in [0, 0.1) is 0 Å². The molecule has 2 nitrogen and oxygen atoms in total. The number of aliphatic hydroxyl groups is 1. The monoisotopic (exact) mass is 357 g/mol. The van der Waals surface area contributed by atoms with Crippen molar-refractivity contribution in [3.05, 3.63) is 70.7 Å². The molecule has 0 aromatic rings. The normalized spacial score (nSPS) is 28.3. The predicted octanol–water partition coefficient (Wildman–Crippen LogP) is 6.31. The van der Waals surface area contributed by atoms with Crippen molar-refractivity contribution in [3.63, 3.8) is 0 Å². The summed E-state index contributed by atoms with van der Waals surface area (Å²) in [6.45, 7) is 4.95. The van der Waals surface area contributed by atoms with Gasteiger partial charge >= 0.3 is 0 Å². The summed E-state index contributed by atoms with van der Waals surface area (Å²) in [5.41, 5.74) is 3.16. The minimum absolute atomic E-state index is 0.436. The number of nitrogens with zero attached hydrogens (tertiary/aromatic N) is 1. The molecule has 0 radical (unpaired) electrons. The lowest BCUT2D eigenvalue weighted by atomic mass is 9.91. The molecule has 0 saturated heterocycles. The van der Waals surface area contributed by atoms with Gasteiger partial charge in [-0.25, -0.2) is 0 Å². The molecule has 0 aromatic carbocycles. The van der Waals surface area contributed by atoms with Crippen LogP contribution in [-0.4, -0.2) is 22.6 Å². The zero-order valence-corrected chi connectivity index (χ0v) is 15.6. The average Bonchev–Trinajstić information content (AvgIpc) is 2.61. The highest BCUT2D eigenvalue weighted by atomic mass is 35.5. The van der Waals surface area contributed by atoms with Crippen LogP contribution < -0.4 is 0 Å². The molecule has 0 atom stereocenters. The highest BCUT2D eigenvalue weighted by Gasteiger charge is 2.22. The number of halogens is 1. The van der Waals surface area contributed by atoms with Gasteiger partial charge in [0.25, 0.3) is 0 Å². The standard InChI is InChI=1S/C22H28ClNO/c1-17-15-19(23)9-6-14-24(20-10-3-2-4-11-20)21(16-17)12-13-22(25)18-7-5-8-18/h6,9,12-13,15-16,20,25H,1-5,7-8,10-11,14H2/b9-6-,13-12+,19-15+,21-16-. The molecule has 0 spiro atoms. The molecule has 2 saturated carbocycles. The van der Waals surface area contributed by atoms with Gasteiger partial charge in [-0.05, 0) is 73.6 Å². The number of rotatable bonds is 3. The number of allylic oxidation sites excluding steroid dienone is 8. The molecular weight excluding hydrogens is 330 g/mol. The quantitative estimate of drug-likeness (QED) is 0.598. The lowest BCUT2D eigenvalue weighted by Crippen LogP contribution is -2.36. The summed E-state index contributed by atoms with van der Waals surface area (Å²) in [6, 6.07) is 0.539. The fraction of sp³-hybridized carbons (Fsp3) is 0.455. The third-order valence-electron chi connectivity index (χ3n) is 5.31. The van der Waals surface area contributed by atoms with Gasteiger partial charge in [-0.3, -0.25) is 0 Å². The smallest absolute Gasteiger partial charge is 0.114 e. The van der Waals surface area contributed by atoms with Gasteiger partial charge in [-0.15, -0.1) is 0 Å². The van der Waals surface area contributed by atoms with Crippen molar-refractivity contribution in [1.82, 2.24) is 4.90 Å². The third-order valence-corrected chi connectivity index (χ3v) is 5.55. The SMILES string of the molecule is C=C1/C=C(/C=C/C(O)=C2CCC2)N(C2CCCCC2)C/C=C\C(Cl)=C/1. The Morgan fingerprint density at radius 3 is 2.60 bits per heavy atom. The van der Waals surface area contributed by atoms with Crippen LogP contribution in [-0.2, 0) is 0 Å². The van der Waals surface area contributed by atoms with Gasteiger partial charge in [0.2, 0.25) is 0 Å². The van der Waals surface area contributed by atoms with E-state index >= 15 is 0 Å². The van der Waals surface area contributed by atoms with Gasteiger partial charge in [0.1, 0.15) is 5.76 Å². The van der Waals surface area contributed by atoms with Crippen molar-refractivity contribution in [1.29, 1.82) is 0 Å². The predicted molar refractivity (Wildman–Crippen MR) is 107 cm³/mol. The molecular formula is C22H28ClNO. The van der Waals surface area contributed by atoms with E-state index in [-0.39, 0.29) is 0 Å². The van der Waals surface area contributed by atoms with Gasteiger partial charge in [0, 0.05) is 23.3 Å². The van der Waals surface area contributed by atoms with Crippen LogP contribution in [0.4, 0.5) is 0 Å². The first-order chi connectivity index (χ1) is 12.1. The van der Waals surface area contributed by atoms with E-state index in [2.05, 4.69) is 23.6 Å². The molecule has 1 aliphatic heterocycles. The number of hydrogen-bond donors (Lipinski definition) is 1. The van der Waals surface area contributed by atoms with Crippen LogP contribution in [0.25, 0.3) is 0 Å². The Bertz CT molecular complexity index is 654. The zero-order chi connectivity index (χ0) is 17.6. The Hall–Kier alpha value is -1.67. The fourth-order valence-corrected chi connectivity index (χ4v) is 3.94. The summed E-state index contributed by atoms with van der Waals surface area (Å²) in [5.74, 6) is 0.436. The molecule has 2 aliphatic carbocycles. The first-order valence-electron chi connectivity index (χ1n) is 9.43. The molecule has 25 heavy (non-hydrogen) atoms. The topological polar surface area (TPSA) is 23.5 Å². The largest absolute Gasteiger partial charge is 0.508 e. The summed E-state index contributed by atoms with van der Waals surface area (Å²) in [7, 11) is 0. The maximum Gasteiger partial charge on any atom is 0.114 e. The van der Waals surface area contributed by atoms with Crippen molar-refractivity contribution in [2.24, 2.45) is 0 Å². The minimum atomic E-state index is 0.436. The average molecular weight is 358 g/mol. The Morgan fingerprint density at radius 2 is 1.92 bits per heavy atom. The zero-order valence-electron chi connectivity index (χ0n) is 14.9. The van der Waals surface area contributed by atoms with Crippen LogP contribution in [0.2, 0.25) is 0 Å². The van der Waals surface area contributed by atoms with Crippen molar-refractivity contribution >= 4 is 11.6 Å². The Kier molecular flexibility index (Phi) is 6.25. The van der Waals surface area contributed by atoms with Crippen molar-refractivity contribution in [3.8, 4) is 0 Å². The molecule has 3 rings (SSSR count). The Labute approximate surface area is 156 Å². The van der Waals surface area contributed by atoms with Crippen molar-refractivity contribution in [2.45, 2.75) is 57.4 Å². The van der Waals surface area contributed by atoms with Crippen molar-refractivity contribution in [2.75, 3.05) is 6.54 Å². The summed E-state index contributed by atoms with van der Waals surface area (Å²) >= 11 is 6.24. The Morgan fingerprint density at radius 1 is 1.16 bits per heavy atom. The number of hydrogen-bond acceptors (Lipinski definition) is 2. The van der Waals surface area contributed by atoms with E-state index < -0.39 is 0 Å². The molecule has 0 bridgehead atoms. The first kappa shape index (κ1) is 18.1. The number of aliphatic hydroxyl groups excluding tert-OH is 1. The van der Waals surface area contributed by atoms with Gasteiger partial charge in [-0.1, -0.05) is 43.5 Å². The lowest BCUT2D eigenvalue weighted by molar-refractivity contribution is 0.222. The minimum Gasteiger partial charge on any atom is -0.508 e. The molecule has 3 aliphatic rings. The van der Waals surface area contributed by atoms with Crippen LogP contribution >= 0.6 is 11.6 Å². The molecule has 2 fully saturated rings. The van der Waals surface area contributed by atoms with Gasteiger partial charge in [-0.2, -0.15) is 0 Å². The molecule has 3 heteroatoms. The third kappa shape index (κ3) is 4.92. The summed E-state index contributed by atoms with van der Waals surface area (Å²) in [4.78, 5) is 2.44. The van der Waals surface area contributed by atoms with E-state index in [0.717, 1.165) is 30.7 Å². The first-order valence-corrected chi connectivity index (χ1v) is 9.81. The van der Waals surface area contributed by atoms with Crippen LogP contribution in [0.15, 0.2) is 70.7 Å². The van der Waals surface area contributed by atoms with Gasteiger partial charge in [0.05, 0.1) is 0 Å². The molecule has 134 valence electrons. The van der Waals surface area contributed by atoms with Crippen molar-refractivity contribution < 1.29 is 5.11 Å². The second-order valence-electron chi connectivity index (χ2n) is 7.20. The van der Waals surface area contributed by atoms with E-state index in [0.29, 0.717) is 16.8 Å².